The quantitative estimate of drug-likeness (QED) is 0.607. The number of rotatable bonds is 4. The van der Waals surface area contributed by atoms with Crippen molar-refractivity contribution < 1.29 is 4.79 Å². The fourth-order valence-electron chi connectivity index (χ4n) is 2.87. The van der Waals surface area contributed by atoms with E-state index < -0.39 is 0 Å². The second-order valence-corrected chi connectivity index (χ2v) is 7.69. The molecular weight excluding hydrogens is 375 g/mol. The van der Waals surface area contributed by atoms with Gasteiger partial charge in [-0.2, -0.15) is 0 Å². The summed E-state index contributed by atoms with van der Waals surface area (Å²) in [6.45, 7) is 0. The zero-order chi connectivity index (χ0) is 17.4. The molecule has 126 valence electrons. The third kappa shape index (κ3) is 3.56. The number of nitrogens with zero attached hydrogens (tertiary/aromatic N) is 1. The molecule has 3 nitrogen and oxygen atoms in total. The van der Waals surface area contributed by atoms with Gasteiger partial charge in [-0.05, 0) is 30.0 Å². The van der Waals surface area contributed by atoms with Gasteiger partial charge in [0.2, 0.25) is 5.91 Å². The lowest BCUT2D eigenvalue weighted by Crippen LogP contribution is -2.14. The smallest absolute Gasteiger partial charge is 0.229 e. The van der Waals surface area contributed by atoms with Crippen molar-refractivity contribution in [2.75, 3.05) is 5.32 Å². The summed E-state index contributed by atoms with van der Waals surface area (Å²) in [7, 11) is 0. The molecule has 0 unspecified atom stereocenters. The largest absolute Gasteiger partial charge is 0.302 e. The molecule has 0 aliphatic heterocycles. The normalized spacial score (nSPS) is 18.8. The summed E-state index contributed by atoms with van der Waals surface area (Å²) in [6, 6.07) is 15.5. The molecule has 1 N–H and O–H groups in total. The van der Waals surface area contributed by atoms with Crippen LogP contribution in [0.5, 0.6) is 0 Å². The number of nitrogens with one attached hydrogen (secondary N) is 1. The molecule has 0 saturated heterocycles. The van der Waals surface area contributed by atoms with Crippen molar-refractivity contribution in [2.24, 2.45) is 5.92 Å². The number of amides is 1. The van der Waals surface area contributed by atoms with Crippen molar-refractivity contribution in [3.8, 4) is 11.3 Å². The highest BCUT2D eigenvalue weighted by atomic mass is 35.5. The molecule has 1 amide bonds. The molecule has 25 heavy (non-hydrogen) atoms. The highest BCUT2D eigenvalue weighted by Crippen LogP contribution is 2.48. The topological polar surface area (TPSA) is 42.0 Å². The first-order valence-corrected chi connectivity index (χ1v) is 9.52. The Morgan fingerprint density at radius 2 is 1.92 bits per heavy atom. The van der Waals surface area contributed by atoms with Crippen LogP contribution in [0.3, 0.4) is 0 Å². The first kappa shape index (κ1) is 16.6. The Labute approximate surface area is 159 Å². The molecule has 0 bridgehead atoms. The molecule has 1 aliphatic rings. The molecule has 4 rings (SSSR count). The van der Waals surface area contributed by atoms with Crippen molar-refractivity contribution in [3.05, 3.63) is 69.5 Å². The monoisotopic (exact) mass is 388 g/mol. The summed E-state index contributed by atoms with van der Waals surface area (Å²) in [5.41, 5.74) is 2.87. The van der Waals surface area contributed by atoms with Gasteiger partial charge in [-0.1, -0.05) is 59.6 Å². The van der Waals surface area contributed by atoms with Gasteiger partial charge >= 0.3 is 0 Å². The number of carbonyl (C=O) groups is 1. The van der Waals surface area contributed by atoms with Gasteiger partial charge in [0, 0.05) is 16.9 Å². The van der Waals surface area contributed by atoms with E-state index in [1.807, 2.05) is 29.6 Å². The molecule has 6 heteroatoms. The summed E-state index contributed by atoms with van der Waals surface area (Å²) in [5.74, 6) is 0.374. The summed E-state index contributed by atoms with van der Waals surface area (Å²) in [4.78, 5) is 16.9. The molecule has 1 saturated carbocycles. The lowest BCUT2D eigenvalue weighted by molar-refractivity contribution is -0.117. The highest BCUT2D eigenvalue weighted by Gasteiger charge is 2.44. The average Bonchev–Trinajstić information content (AvgIpc) is 3.31. The van der Waals surface area contributed by atoms with E-state index in [1.165, 1.54) is 16.9 Å². The standard InChI is InChI=1S/C19H14Cl2N2OS/c20-15-7-6-12(8-16(15)21)17-10-25-19(22-17)23-18(24)14-9-13(14)11-4-2-1-3-5-11/h1-8,10,13-14H,9H2,(H,22,23,24)/t13-,14+/m0/s1. The number of anilines is 1. The number of halogens is 2. The number of thiazole rings is 1. The van der Waals surface area contributed by atoms with Gasteiger partial charge < -0.3 is 5.32 Å². The van der Waals surface area contributed by atoms with Crippen molar-refractivity contribution >= 4 is 45.6 Å². The number of benzene rings is 2. The molecule has 1 aromatic heterocycles. The highest BCUT2D eigenvalue weighted by molar-refractivity contribution is 7.14. The zero-order valence-electron chi connectivity index (χ0n) is 13.1. The van der Waals surface area contributed by atoms with Crippen LogP contribution in [0.2, 0.25) is 10.0 Å². The number of carbonyl (C=O) groups excluding carboxylic acids is 1. The van der Waals surface area contributed by atoms with Crippen molar-refractivity contribution in [3.63, 3.8) is 0 Å². The van der Waals surface area contributed by atoms with E-state index in [-0.39, 0.29) is 11.8 Å². The fourth-order valence-corrected chi connectivity index (χ4v) is 3.89. The lowest BCUT2D eigenvalue weighted by Gasteiger charge is -2.02. The van der Waals surface area contributed by atoms with Crippen molar-refractivity contribution in [1.82, 2.24) is 4.98 Å². The molecule has 1 fully saturated rings. The molecule has 0 radical (unpaired) electrons. The minimum atomic E-state index is 0.0275. The van der Waals surface area contributed by atoms with Crippen LogP contribution in [-0.2, 0) is 4.79 Å². The van der Waals surface area contributed by atoms with Crippen LogP contribution in [0.1, 0.15) is 17.9 Å². The first-order chi connectivity index (χ1) is 12.1. The van der Waals surface area contributed by atoms with Crippen LogP contribution in [0, 0.1) is 5.92 Å². The molecule has 0 spiro atoms. The second kappa shape index (κ2) is 6.79. The Morgan fingerprint density at radius 3 is 2.68 bits per heavy atom. The van der Waals surface area contributed by atoms with E-state index in [2.05, 4.69) is 22.4 Å². The van der Waals surface area contributed by atoms with Gasteiger partial charge in [0.15, 0.2) is 5.13 Å². The number of aromatic nitrogens is 1. The van der Waals surface area contributed by atoms with E-state index in [9.17, 15) is 4.79 Å². The summed E-state index contributed by atoms with van der Waals surface area (Å²) >= 11 is 13.4. The Kier molecular flexibility index (Phi) is 4.50. The zero-order valence-corrected chi connectivity index (χ0v) is 15.4. The second-order valence-electron chi connectivity index (χ2n) is 6.02. The van der Waals surface area contributed by atoms with Crippen LogP contribution in [-0.4, -0.2) is 10.9 Å². The molecule has 1 aliphatic carbocycles. The van der Waals surface area contributed by atoms with Crippen LogP contribution in [0.25, 0.3) is 11.3 Å². The van der Waals surface area contributed by atoms with Crippen molar-refractivity contribution in [2.45, 2.75) is 12.3 Å². The van der Waals surface area contributed by atoms with Crippen LogP contribution in [0.4, 0.5) is 5.13 Å². The van der Waals surface area contributed by atoms with Gasteiger partial charge in [0.25, 0.3) is 0 Å². The number of hydrogen-bond acceptors (Lipinski definition) is 3. The van der Waals surface area contributed by atoms with E-state index in [0.717, 1.165) is 17.7 Å². The van der Waals surface area contributed by atoms with Crippen LogP contribution >= 0.6 is 34.5 Å². The minimum Gasteiger partial charge on any atom is -0.302 e. The molecular formula is C19H14Cl2N2OS. The predicted octanol–water partition coefficient (Wildman–Crippen LogP) is 5.86. The van der Waals surface area contributed by atoms with Gasteiger partial charge in [-0.25, -0.2) is 4.98 Å². The SMILES string of the molecule is O=C(Nc1nc(-c2ccc(Cl)c(Cl)c2)cs1)[C@@H]1C[C@H]1c1ccccc1. The van der Waals surface area contributed by atoms with E-state index in [4.69, 9.17) is 23.2 Å². The first-order valence-electron chi connectivity index (χ1n) is 7.88. The minimum absolute atomic E-state index is 0.0275. The summed E-state index contributed by atoms with van der Waals surface area (Å²) in [6.07, 6.45) is 0.890. The number of hydrogen-bond donors (Lipinski definition) is 1. The summed E-state index contributed by atoms with van der Waals surface area (Å²) < 4.78 is 0. The maximum absolute atomic E-state index is 12.4. The summed E-state index contributed by atoms with van der Waals surface area (Å²) in [5, 5.41) is 6.43. The maximum atomic E-state index is 12.4. The van der Waals surface area contributed by atoms with Gasteiger partial charge in [0.1, 0.15) is 0 Å². The van der Waals surface area contributed by atoms with Gasteiger partial charge in [-0.3, -0.25) is 4.79 Å². The fraction of sp³-hybridized carbons (Fsp3) is 0.158. The van der Waals surface area contributed by atoms with Crippen molar-refractivity contribution in [1.29, 1.82) is 0 Å². The third-order valence-electron chi connectivity index (χ3n) is 4.30. The third-order valence-corrected chi connectivity index (χ3v) is 5.80. The van der Waals surface area contributed by atoms with Crippen LogP contribution < -0.4 is 5.32 Å². The maximum Gasteiger partial charge on any atom is 0.229 e. The molecule has 1 heterocycles. The van der Waals surface area contributed by atoms with E-state index in [1.54, 1.807) is 12.1 Å². The lowest BCUT2D eigenvalue weighted by atomic mass is 10.1. The molecule has 2 aromatic carbocycles. The van der Waals surface area contributed by atoms with Gasteiger partial charge in [0.05, 0.1) is 15.7 Å². The van der Waals surface area contributed by atoms with E-state index >= 15 is 0 Å². The predicted molar refractivity (Wildman–Crippen MR) is 103 cm³/mol. The average molecular weight is 389 g/mol. The van der Waals surface area contributed by atoms with Crippen LogP contribution in [0.15, 0.2) is 53.9 Å². The van der Waals surface area contributed by atoms with Gasteiger partial charge in [-0.15, -0.1) is 11.3 Å². The molecule has 2 atom stereocenters. The Morgan fingerprint density at radius 1 is 1.12 bits per heavy atom. The Bertz CT molecular complexity index is 926. The molecule has 3 aromatic rings. The Balaban J connectivity index is 1.43. The van der Waals surface area contributed by atoms with E-state index in [0.29, 0.717) is 21.1 Å². The Hall–Kier alpha value is -1.88.